The summed E-state index contributed by atoms with van der Waals surface area (Å²) in [4.78, 5) is 21.0. The fourth-order valence-corrected chi connectivity index (χ4v) is 0.395. The van der Waals surface area contributed by atoms with Crippen LogP contribution in [0.3, 0.4) is 0 Å². The molecule has 0 radical (unpaired) electrons. The molecule has 2 N–H and O–H groups in total. The van der Waals surface area contributed by atoms with Crippen molar-refractivity contribution in [3.8, 4) is 0 Å². The van der Waals surface area contributed by atoms with Crippen LogP contribution in [0.15, 0.2) is 0 Å². The Kier molecular flexibility index (Phi) is 20.1. The van der Waals surface area contributed by atoms with Gasteiger partial charge in [-0.2, -0.15) is 0 Å². The molecule has 0 aliphatic heterocycles. The third kappa shape index (κ3) is 10.9. The van der Waals surface area contributed by atoms with Crippen LogP contribution in [0, 0.1) is 0 Å². The molecule has 0 saturated heterocycles. The van der Waals surface area contributed by atoms with Crippen molar-refractivity contribution in [2.75, 3.05) is 26.4 Å². The Balaban J connectivity index is -0.000000605. The maximum atomic E-state index is 10.5. The standard InChI is InChI=1S/C6H10O6.2Na.2H/c7-1-3-11-5(9)6(10)12-4-2-8;;;;/h7-8H,1-4H2;;;;. The van der Waals surface area contributed by atoms with E-state index in [9.17, 15) is 9.59 Å². The molecule has 0 aromatic heterocycles. The molecule has 0 atom stereocenters. The summed E-state index contributed by atoms with van der Waals surface area (Å²) < 4.78 is 8.41. The molecular weight excluding hydrogens is 214 g/mol. The number of rotatable bonds is 4. The fourth-order valence-electron chi connectivity index (χ4n) is 0.395. The average molecular weight is 226 g/mol. The molecule has 0 aliphatic rings. The van der Waals surface area contributed by atoms with Crippen molar-refractivity contribution in [1.29, 1.82) is 0 Å². The van der Waals surface area contributed by atoms with Crippen molar-refractivity contribution in [1.82, 2.24) is 0 Å². The van der Waals surface area contributed by atoms with Gasteiger partial charge in [-0.1, -0.05) is 0 Å². The molecule has 0 bridgehead atoms. The van der Waals surface area contributed by atoms with Gasteiger partial charge in [-0.3, -0.25) is 0 Å². The predicted molar refractivity (Wildman–Crippen MR) is 50.4 cm³/mol. The molecule has 0 aromatic rings. The van der Waals surface area contributed by atoms with Crippen molar-refractivity contribution >= 4 is 71.1 Å². The molecule has 0 heterocycles. The van der Waals surface area contributed by atoms with E-state index >= 15 is 0 Å². The van der Waals surface area contributed by atoms with Crippen LogP contribution in [-0.2, 0) is 19.1 Å². The zero-order valence-electron chi connectivity index (χ0n) is 6.36. The van der Waals surface area contributed by atoms with Crippen LogP contribution in [0.25, 0.3) is 0 Å². The van der Waals surface area contributed by atoms with Gasteiger partial charge in [0.15, 0.2) is 0 Å². The number of aliphatic hydroxyl groups is 2. The quantitative estimate of drug-likeness (QED) is 0.297. The summed E-state index contributed by atoms with van der Waals surface area (Å²) in [6.45, 7) is -1.18. The first-order valence-electron chi connectivity index (χ1n) is 3.28. The van der Waals surface area contributed by atoms with E-state index in [4.69, 9.17) is 10.2 Å². The number of carbonyl (C=O) groups is 2. The molecule has 0 fully saturated rings. The van der Waals surface area contributed by atoms with E-state index < -0.39 is 11.9 Å². The Labute approximate surface area is 126 Å². The van der Waals surface area contributed by atoms with E-state index in [0.717, 1.165) is 0 Å². The monoisotopic (exact) mass is 226 g/mol. The van der Waals surface area contributed by atoms with Gasteiger partial charge in [-0.15, -0.1) is 0 Å². The molecule has 0 unspecified atom stereocenters. The normalized spacial score (nSPS) is 7.86. The third-order valence-corrected chi connectivity index (χ3v) is 0.816. The summed E-state index contributed by atoms with van der Waals surface area (Å²) >= 11 is 0. The molecular formula is C6H12Na2O6. The van der Waals surface area contributed by atoms with Gasteiger partial charge in [0, 0.05) is 0 Å². The molecule has 0 aliphatic carbocycles. The fraction of sp³-hybridized carbons (Fsp3) is 0.667. The van der Waals surface area contributed by atoms with Crippen LogP contribution in [0.2, 0.25) is 0 Å². The zero-order chi connectivity index (χ0) is 9.40. The van der Waals surface area contributed by atoms with Gasteiger partial charge in [0.2, 0.25) is 0 Å². The van der Waals surface area contributed by atoms with Crippen molar-refractivity contribution in [3.05, 3.63) is 0 Å². The topological polar surface area (TPSA) is 93.1 Å². The molecule has 8 heteroatoms. The van der Waals surface area contributed by atoms with Crippen molar-refractivity contribution in [3.63, 3.8) is 0 Å². The van der Waals surface area contributed by atoms with E-state index in [2.05, 4.69) is 9.47 Å². The number of hydrogen-bond donors (Lipinski definition) is 2. The Morgan fingerprint density at radius 3 is 1.36 bits per heavy atom. The molecule has 74 valence electrons. The van der Waals surface area contributed by atoms with Crippen LogP contribution in [0.4, 0.5) is 0 Å². The molecule has 0 rings (SSSR count). The second-order valence-electron chi connectivity index (χ2n) is 1.72. The van der Waals surface area contributed by atoms with E-state index in [1.165, 1.54) is 0 Å². The summed E-state index contributed by atoms with van der Waals surface area (Å²) in [5.41, 5.74) is 0. The maximum absolute atomic E-state index is 10.5. The second kappa shape index (κ2) is 13.9. The van der Waals surface area contributed by atoms with Crippen molar-refractivity contribution in [2.45, 2.75) is 0 Å². The summed E-state index contributed by atoms with van der Waals surface area (Å²) in [5.74, 6) is -2.34. The summed E-state index contributed by atoms with van der Waals surface area (Å²) in [6.07, 6.45) is 0. The van der Waals surface area contributed by atoms with Gasteiger partial charge in [0.1, 0.15) is 13.2 Å². The van der Waals surface area contributed by atoms with Crippen molar-refractivity contribution in [2.24, 2.45) is 0 Å². The first kappa shape index (κ1) is 20.3. The van der Waals surface area contributed by atoms with Crippen LogP contribution >= 0.6 is 0 Å². The number of aliphatic hydroxyl groups excluding tert-OH is 2. The summed E-state index contributed by atoms with van der Waals surface area (Å²) in [5, 5.41) is 16.4. The SMILES string of the molecule is O=C(OCCO)C(=O)OCCO.[NaH].[NaH]. The van der Waals surface area contributed by atoms with Crippen molar-refractivity contribution < 1.29 is 29.3 Å². The van der Waals surface area contributed by atoms with Gasteiger partial charge in [-0.05, 0) is 0 Å². The van der Waals surface area contributed by atoms with E-state index in [1.807, 2.05) is 0 Å². The predicted octanol–water partition coefficient (Wildman–Crippen LogP) is -3.24. The number of carbonyl (C=O) groups excluding carboxylic acids is 2. The minimum atomic E-state index is -1.17. The van der Waals surface area contributed by atoms with Gasteiger partial charge >= 0.3 is 71.1 Å². The van der Waals surface area contributed by atoms with E-state index in [-0.39, 0.29) is 85.5 Å². The first-order valence-corrected chi connectivity index (χ1v) is 3.28. The van der Waals surface area contributed by atoms with E-state index in [0.29, 0.717) is 0 Å². The number of ether oxygens (including phenoxy) is 2. The number of esters is 2. The van der Waals surface area contributed by atoms with Gasteiger partial charge < -0.3 is 19.7 Å². The third-order valence-electron chi connectivity index (χ3n) is 0.816. The average Bonchev–Trinajstić information content (AvgIpc) is 2.10. The second-order valence-corrected chi connectivity index (χ2v) is 1.72. The molecule has 6 nitrogen and oxygen atoms in total. The van der Waals surface area contributed by atoms with Crippen LogP contribution in [-0.4, -0.2) is 108 Å². The first-order chi connectivity index (χ1) is 5.72. The van der Waals surface area contributed by atoms with Crippen LogP contribution in [0.1, 0.15) is 0 Å². The Morgan fingerprint density at radius 1 is 0.857 bits per heavy atom. The van der Waals surface area contributed by atoms with E-state index in [1.54, 1.807) is 0 Å². The zero-order valence-corrected chi connectivity index (χ0v) is 6.36. The summed E-state index contributed by atoms with van der Waals surface area (Å²) in [6, 6.07) is 0. The molecule has 0 aromatic carbocycles. The Bertz CT molecular complexity index is 144. The molecule has 14 heavy (non-hydrogen) atoms. The Hall–Kier alpha value is 0.860. The number of hydrogen-bond acceptors (Lipinski definition) is 6. The van der Waals surface area contributed by atoms with Gasteiger partial charge in [-0.25, -0.2) is 9.59 Å². The van der Waals surface area contributed by atoms with Crippen LogP contribution < -0.4 is 0 Å². The molecule has 0 saturated carbocycles. The van der Waals surface area contributed by atoms with Gasteiger partial charge in [0.25, 0.3) is 0 Å². The molecule has 0 spiro atoms. The van der Waals surface area contributed by atoms with Crippen LogP contribution in [0.5, 0.6) is 0 Å². The summed E-state index contributed by atoms with van der Waals surface area (Å²) in [7, 11) is 0. The minimum absolute atomic E-state index is 0. The Morgan fingerprint density at radius 2 is 1.14 bits per heavy atom. The van der Waals surface area contributed by atoms with Gasteiger partial charge in [0.05, 0.1) is 13.2 Å². The molecule has 0 amide bonds.